The summed E-state index contributed by atoms with van der Waals surface area (Å²) in [6.45, 7) is 1.78. The monoisotopic (exact) mass is 368 g/mol. The minimum atomic E-state index is -4.75. The van der Waals surface area contributed by atoms with Gasteiger partial charge in [-0.1, -0.05) is 0 Å². The summed E-state index contributed by atoms with van der Waals surface area (Å²) in [6, 6.07) is 1.23. The Bertz CT molecular complexity index is 820. The number of halogens is 3. The first-order valence-corrected chi connectivity index (χ1v) is 8.64. The largest absolute Gasteiger partial charge is 0.478 e. The van der Waals surface area contributed by atoms with Crippen molar-refractivity contribution >= 4 is 15.6 Å². The van der Waals surface area contributed by atoms with Crippen LogP contribution in [-0.4, -0.2) is 54.1 Å². The molecule has 0 bridgehead atoms. The second-order valence-electron chi connectivity index (χ2n) is 4.75. The van der Waals surface area contributed by atoms with Gasteiger partial charge in [-0.3, -0.25) is 0 Å². The van der Waals surface area contributed by atoms with Crippen molar-refractivity contribution in [2.75, 3.05) is 26.1 Å². The van der Waals surface area contributed by atoms with Crippen molar-refractivity contribution in [1.82, 2.24) is 19.6 Å². The number of nitrogens with zero attached hydrogens (tertiary/aromatic N) is 4. The summed E-state index contributed by atoms with van der Waals surface area (Å²) in [5.41, 5.74) is 0.0168. The highest BCUT2D eigenvalue weighted by molar-refractivity contribution is 7.90. The highest BCUT2D eigenvalue weighted by atomic mass is 32.2. The molecule has 0 radical (unpaired) electrons. The van der Waals surface area contributed by atoms with Crippen molar-refractivity contribution < 1.29 is 31.1 Å². The maximum atomic E-state index is 12.7. The summed E-state index contributed by atoms with van der Waals surface area (Å²) in [5.74, 6) is -2.54. The van der Waals surface area contributed by atoms with Gasteiger partial charge in [0, 0.05) is 13.2 Å². The first-order chi connectivity index (χ1) is 11.2. The predicted octanol–water partition coefficient (Wildman–Crippen LogP) is 1.10. The SMILES string of the molecule is CCOc1cc(CS(=O)(=O)CCOC)nc2nc(C(F)(F)F)nn12. The van der Waals surface area contributed by atoms with Gasteiger partial charge in [0.2, 0.25) is 5.88 Å². The molecule has 2 aromatic rings. The number of hydrogen-bond acceptors (Lipinski definition) is 7. The standard InChI is InChI=1S/C12H15F3N4O4S/c1-3-23-9-6-8(7-24(20,21)5-4-22-2)16-11-17-10(12(13,14)15)18-19(9)11/h6H,3-5,7H2,1-2H3. The zero-order valence-electron chi connectivity index (χ0n) is 12.9. The first-order valence-electron chi connectivity index (χ1n) is 6.82. The molecule has 0 saturated carbocycles. The van der Waals surface area contributed by atoms with E-state index < -0.39 is 27.6 Å². The predicted molar refractivity (Wildman–Crippen MR) is 76.3 cm³/mol. The van der Waals surface area contributed by atoms with E-state index in [-0.39, 0.29) is 36.3 Å². The van der Waals surface area contributed by atoms with E-state index in [0.29, 0.717) is 0 Å². The van der Waals surface area contributed by atoms with E-state index >= 15 is 0 Å². The minimum Gasteiger partial charge on any atom is -0.478 e. The van der Waals surface area contributed by atoms with Gasteiger partial charge in [-0.25, -0.2) is 13.4 Å². The molecule has 0 aromatic carbocycles. The van der Waals surface area contributed by atoms with Crippen molar-refractivity contribution in [1.29, 1.82) is 0 Å². The molecule has 0 aliphatic rings. The van der Waals surface area contributed by atoms with Crippen LogP contribution in [0.2, 0.25) is 0 Å². The van der Waals surface area contributed by atoms with Crippen LogP contribution in [0.15, 0.2) is 6.07 Å². The van der Waals surface area contributed by atoms with E-state index in [4.69, 9.17) is 9.47 Å². The van der Waals surface area contributed by atoms with Crippen LogP contribution >= 0.6 is 0 Å². The van der Waals surface area contributed by atoms with Crippen LogP contribution in [0.25, 0.3) is 5.78 Å². The highest BCUT2D eigenvalue weighted by Crippen LogP contribution is 2.27. The van der Waals surface area contributed by atoms with Gasteiger partial charge >= 0.3 is 6.18 Å². The summed E-state index contributed by atoms with van der Waals surface area (Å²) >= 11 is 0. The number of rotatable bonds is 7. The molecule has 0 aliphatic carbocycles. The Labute approximate surface area is 135 Å². The molecule has 0 fully saturated rings. The van der Waals surface area contributed by atoms with Gasteiger partial charge in [0.15, 0.2) is 9.84 Å². The summed E-state index contributed by atoms with van der Waals surface area (Å²) in [7, 11) is -2.18. The lowest BCUT2D eigenvalue weighted by atomic mass is 10.4. The Hall–Kier alpha value is -1.95. The van der Waals surface area contributed by atoms with Crippen molar-refractivity contribution in [3.8, 4) is 5.88 Å². The third kappa shape index (κ3) is 4.32. The average Bonchev–Trinajstić information content (AvgIpc) is 2.89. The van der Waals surface area contributed by atoms with Crippen LogP contribution in [0, 0.1) is 0 Å². The molecule has 0 aliphatic heterocycles. The fourth-order valence-corrected chi connectivity index (χ4v) is 3.00. The van der Waals surface area contributed by atoms with Crippen molar-refractivity contribution in [3.05, 3.63) is 17.6 Å². The van der Waals surface area contributed by atoms with E-state index in [0.717, 1.165) is 4.52 Å². The highest BCUT2D eigenvalue weighted by Gasteiger charge is 2.37. The average molecular weight is 368 g/mol. The van der Waals surface area contributed by atoms with Crippen LogP contribution in [0.1, 0.15) is 18.4 Å². The zero-order chi connectivity index (χ0) is 18.0. The topological polar surface area (TPSA) is 95.7 Å². The van der Waals surface area contributed by atoms with Gasteiger partial charge in [-0.05, 0) is 6.92 Å². The van der Waals surface area contributed by atoms with Gasteiger partial charge in [-0.2, -0.15) is 22.7 Å². The maximum absolute atomic E-state index is 12.7. The van der Waals surface area contributed by atoms with E-state index in [2.05, 4.69) is 15.1 Å². The lowest BCUT2D eigenvalue weighted by Gasteiger charge is -2.08. The van der Waals surface area contributed by atoms with Gasteiger partial charge in [0.1, 0.15) is 0 Å². The molecule has 0 amide bonds. The van der Waals surface area contributed by atoms with Crippen LogP contribution < -0.4 is 4.74 Å². The van der Waals surface area contributed by atoms with Crippen LogP contribution in [-0.2, 0) is 26.5 Å². The molecule has 2 heterocycles. The number of ether oxygens (including phenoxy) is 2. The Morgan fingerprint density at radius 3 is 2.58 bits per heavy atom. The van der Waals surface area contributed by atoms with Crippen molar-refractivity contribution in [2.45, 2.75) is 18.9 Å². The maximum Gasteiger partial charge on any atom is 0.453 e. The van der Waals surface area contributed by atoms with E-state index in [1.165, 1.54) is 13.2 Å². The molecule has 0 unspecified atom stereocenters. The Balaban J connectivity index is 2.45. The Kier molecular flexibility index (Phi) is 5.28. The molecule has 0 atom stereocenters. The van der Waals surface area contributed by atoms with Crippen LogP contribution in [0.3, 0.4) is 0 Å². The lowest BCUT2D eigenvalue weighted by molar-refractivity contribution is -0.144. The number of fused-ring (bicyclic) bond motifs is 1. The van der Waals surface area contributed by atoms with Crippen molar-refractivity contribution in [2.24, 2.45) is 0 Å². The molecule has 134 valence electrons. The van der Waals surface area contributed by atoms with E-state index in [9.17, 15) is 21.6 Å². The fourth-order valence-electron chi connectivity index (χ4n) is 1.84. The molecule has 0 N–H and O–H groups in total. The van der Waals surface area contributed by atoms with Gasteiger partial charge in [-0.15, -0.1) is 5.10 Å². The molecule has 0 saturated heterocycles. The molecule has 24 heavy (non-hydrogen) atoms. The summed E-state index contributed by atoms with van der Waals surface area (Å²) < 4.78 is 72.8. The van der Waals surface area contributed by atoms with Gasteiger partial charge < -0.3 is 9.47 Å². The molecule has 8 nitrogen and oxygen atoms in total. The number of sulfone groups is 1. The Morgan fingerprint density at radius 2 is 2.00 bits per heavy atom. The van der Waals surface area contributed by atoms with Gasteiger partial charge in [0.05, 0.1) is 30.4 Å². The molecular weight excluding hydrogens is 353 g/mol. The number of hydrogen-bond donors (Lipinski definition) is 0. The normalized spacial score (nSPS) is 12.7. The van der Waals surface area contributed by atoms with E-state index in [1.54, 1.807) is 6.92 Å². The third-order valence-electron chi connectivity index (χ3n) is 2.84. The summed E-state index contributed by atoms with van der Waals surface area (Å²) in [5, 5.41) is 3.31. The number of aromatic nitrogens is 4. The van der Waals surface area contributed by atoms with Crippen molar-refractivity contribution in [3.63, 3.8) is 0 Å². The zero-order valence-corrected chi connectivity index (χ0v) is 13.7. The number of methoxy groups -OCH3 is 1. The summed E-state index contributed by atoms with van der Waals surface area (Å²) in [4.78, 5) is 7.13. The summed E-state index contributed by atoms with van der Waals surface area (Å²) in [6.07, 6.45) is -4.75. The molecular formula is C12H15F3N4O4S. The Morgan fingerprint density at radius 1 is 1.29 bits per heavy atom. The van der Waals surface area contributed by atoms with Crippen LogP contribution in [0.4, 0.5) is 13.2 Å². The molecule has 0 spiro atoms. The first kappa shape index (κ1) is 18.4. The second-order valence-corrected chi connectivity index (χ2v) is 6.93. The van der Waals surface area contributed by atoms with Crippen LogP contribution in [0.5, 0.6) is 5.88 Å². The lowest BCUT2D eigenvalue weighted by Crippen LogP contribution is -2.15. The molecule has 12 heteroatoms. The molecule has 2 aromatic heterocycles. The second kappa shape index (κ2) is 6.89. The van der Waals surface area contributed by atoms with E-state index in [1.807, 2.05) is 0 Å². The molecule has 2 rings (SSSR count). The minimum absolute atomic E-state index is 0.00600. The third-order valence-corrected chi connectivity index (χ3v) is 4.37. The fraction of sp³-hybridized carbons (Fsp3) is 0.583. The smallest absolute Gasteiger partial charge is 0.453 e. The number of alkyl halides is 3. The van der Waals surface area contributed by atoms with Gasteiger partial charge in [0.25, 0.3) is 11.6 Å². The quantitative estimate of drug-likeness (QED) is 0.722.